The van der Waals surface area contributed by atoms with Gasteiger partial charge in [0.15, 0.2) is 32.8 Å². The molecular weight excluding hydrogens is 438 g/mol. The van der Waals surface area contributed by atoms with Crippen molar-refractivity contribution in [3.05, 3.63) is 42.6 Å². The predicted octanol–water partition coefficient (Wildman–Crippen LogP) is 4.32. The molecule has 2 aromatic carbocycles. The van der Waals surface area contributed by atoms with Crippen LogP contribution in [0.1, 0.15) is 51.4 Å². The molecule has 35 heavy (non-hydrogen) atoms. The van der Waals surface area contributed by atoms with Crippen molar-refractivity contribution in [1.29, 1.82) is 0 Å². The number of anilines is 1. The lowest BCUT2D eigenvalue weighted by Crippen LogP contribution is -2.39. The van der Waals surface area contributed by atoms with Crippen LogP contribution in [0.2, 0.25) is 0 Å². The van der Waals surface area contributed by atoms with Gasteiger partial charge in [-0.2, -0.15) is 0 Å². The van der Waals surface area contributed by atoms with Crippen LogP contribution in [-0.2, 0) is 0 Å². The van der Waals surface area contributed by atoms with E-state index in [1.165, 1.54) is 51.4 Å². The normalized spacial score (nSPS) is 19.3. The van der Waals surface area contributed by atoms with Gasteiger partial charge in [-0.15, -0.1) is 10.2 Å². The lowest BCUT2D eigenvalue weighted by atomic mass is 9.76. The molecule has 2 saturated carbocycles. The van der Waals surface area contributed by atoms with Gasteiger partial charge >= 0.3 is 0 Å². The zero-order valence-electron chi connectivity index (χ0n) is 19.6. The molecule has 0 unspecified atom stereocenters. The zero-order valence-corrected chi connectivity index (χ0v) is 19.6. The van der Waals surface area contributed by atoms with Gasteiger partial charge in [0.1, 0.15) is 11.4 Å². The predicted molar refractivity (Wildman–Crippen MR) is 135 cm³/mol. The van der Waals surface area contributed by atoms with Crippen LogP contribution in [0.3, 0.4) is 0 Å². The van der Waals surface area contributed by atoms with E-state index in [9.17, 15) is 5.11 Å². The summed E-state index contributed by atoms with van der Waals surface area (Å²) in [4.78, 5) is 7.09. The van der Waals surface area contributed by atoms with E-state index >= 15 is 0 Å². The van der Waals surface area contributed by atoms with Gasteiger partial charge < -0.3 is 19.5 Å². The van der Waals surface area contributed by atoms with Crippen molar-refractivity contribution >= 4 is 21.6 Å². The first kappa shape index (κ1) is 22.3. The van der Waals surface area contributed by atoms with Crippen molar-refractivity contribution in [3.63, 3.8) is 0 Å². The molecule has 174 valence electrons. The van der Waals surface area contributed by atoms with Gasteiger partial charge in [-0.05, 0) is 61.1 Å². The van der Waals surface area contributed by atoms with Crippen LogP contribution in [0.15, 0.2) is 42.6 Å². The fourth-order valence-corrected chi connectivity index (χ4v) is 5.17. The number of aromatic nitrogens is 3. The molecular formula is C26H26B2N4O3. The molecule has 0 amide bonds. The van der Waals surface area contributed by atoms with Crippen LogP contribution in [0.4, 0.5) is 5.95 Å². The second kappa shape index (κ2) is 8.77. The lowest BCUT2D eigenvalue weighted by Gasteiger charge is -2.31. The molecule has 0 spiro atoms. The summed E-state index contributed by atoms with van der Waals surface area (Å²) >= 11 is 0. The molecule has 1 aromatic heterocycles. The van der Waals surface area contributed by atoms with Gasteiger partial charge in [0.25, 0.3) is 0 Å². The first-order chi connectivity index (χ1) is 17.0. The van der Waals surface area contributed by atoms with Crippen molar-refractivity contribution in [1.82, 2.24) is 15.2 Å². The maximum absolute atomic E-state index is 10.8. The molecule has 7 nitrogen and oxygen atoms in total. The largest absolute Gasteiger partial charge is 0.507 e. The summed E-state index contributed by atoms with van der Waals surface area (Å²) in [6, 6.07) is 11.8. The van der Waals surface area contributed by atoms with E-state index < -0.39 is 5.59 Å². The number of rotatable bonds is 5. The Bertz CT molecular complexity index is 1230. The highest BCUT2D eigenvalue weighted by Gasteiger charge is 2.36. The second-order valence-electron chi connectivity index (χ2n) is 9.75. The van der Waals surface area contributed by atoms with E-state index in [0.29, 0.717) is 40.8 Å². The van der Waals surface area contributed by atoms with Crippen molar-refractivity contribution in [3.8, 4) is 39.6 Å². The Morgan fingerprint density at radius 3 is 2.20 bits per heavy atom. The fraction of sp³-hybridized carbons (Fsp3) is 0.423. The maximum atomic E-state index is 10.8. The molecule has 0 saturated heterocycles. The molecule has 2 fully saturated rings. The summed E-state index contributed by atoms with van der Waals surface area (Å²) in [6.07, 6.45) is 11.7. The number of hydrogen-bond acceptors (Lipinski definition) is 7. The van der Waals surface area contributed by atoms with E-state index in [2.05, 4.69) is 20.1 Å². The number of aromatic hydroxyl groups is 1. The second-order valence-corrected chi connectivity index (χ2v) is 9.75. The van der Waals surface area contributed by atoms with Crippen molar-refractivity contribution < 1.29 is 14.6 Å². The van der Waals surface area contributed by atoms with E-state index in [0.717, 1.165) is 11.1 Å². The Hall–Kier alpha value is -3.22. The Kier molecular flexibility index (Phi) is 5.58. The van der Waals surface area contributed by atoms with E-state index in [1.54, 1.807) is 24.4 Å². The number of hydrogen-bond donors (Lipinski definition) is 1. The summed E-state index contributed by atoms with van der Waals surface area (Å²) in [5.41, 5.74) is 1.08. The minimum Gasteiger partial charge on any atom is -0.507 e. The van der Waals surface area contributed by atoms with Crippen LogP contribution in [0, 0.1) is 0 Å². The molecule has 4 radical (unpaired) electrons. The molecule has 9 heteroatoms. The fourth-order valence-electron chi connectivity index (χ4n) is 5.17. The number of benzene rings is 2. The van der Waals surface area contributed by atoms with Gasteiger partial charge in [-0.1, -0.05) is 37.8 Å². The highest BCUT2D eigenvalue weighted by molar-refractivity contribution is 6.38. The molecule has 2 heterocycles. The van der Waals surface area contributed by atoms with Gasteiger partial charge in [0, 0.05) is 17.6 Å². The van der Waals surface area contributed by atoms with Crippen molar-refractivity contribution in [2.75, 3.05) is 4.90 Å². The third-order valence-electron chi connectivity index (χ3n) is 7.03. The molecule has 2 aliphatic carbocycles. The SMILES string of the molecule is [B]C1([B])Oc2ccc(-c3ccc(-c4cnc(N(C5CCCCCC5)C5CC5)nn4)c(O)c3)cc2O1. The minimum atomic E-state index is -1.67. The maximum Gasteiger partial charge on any atom is 0.245 e. The van der Waals surface area contributed by atoms with Gasteiger partial charge in [-0.25, -0.2) is 4.98 Å². The van der Waals surface area contributed by atoms with Crippen LogP contribution >= 0.6 is 0 Å². The average molecular weight is 464 g/mol. The minimum absolute atomic E-state index is 0.0961. The first-order valence-electron chi connectivity index (χ1n) is 12.4. The van der Waals surface area contributed by atoms with E-state index in [4.69, 9.17) is 25.2 Å². The van der Waals surface area contributed by atoms with E-state index in [1.807, 2.05) is 18.2 Å². The summed E-state index contributed by atoms with van der Waals surface area (Å²) in [5, 5.41) is 19.7. The average Bonchev–Trinajstić information content (AvgIpc) is 3.65. The Morgan fingerprint density at radius 1 is 0.829 bits per heavy atom. The molecule has 6 rings (SSSR count). The highest BCUT2D eigenvalue weighted by atomic mass is 16.7. The topological polar surface area (TPSA) is 80.6 Å². The Labute approximate surface area is 207 Å². The summed E-state index contributed by atoms with van der Waals surface area (Å²) in [6.45, 7) is 0. The molecule has 0 bridgehead atoms. The summed E-state index contributed by atoms with van der Waals surface area (Å²) in [5.74, 6) is 1.73. The van der Waals surface area contributed by atoms with Crippen LogP contribution in [0.5, 0.6) is 17.2 Å². The molecule has 3 aliphatic rings. The third kappa shape index (κ3) is 4.56. The number of phenolic OH excluding ortho intramolecular Hbond substituents is 1. The van der Waals surface area contributed by atoms with Crippen LogP contribution < -0.4 is 14.4 Å². The Morgan fingerprint density at radius 2 is 1.51 bits per heavy atom. The van der Waals surface area contributed by atoms with Gasteiger partial charge in [-0.3, -0.25) is 0 Å². The smallest absolute Gasteiger partial charge is 0.245 e. The van der Waals surface area contributed by atoms with E-state index in [-0.39, 0.29) is 5.75 Å². The zero-order chi connectivity index (χ0) is 24.0. The Balaban J connectivity index is 1.23. The molecule has 0 atom stereocenters. The third-order valence-corrected chi connectivity index (χ3v) is 7.03. The van der Waals surface area contributed by atoms with Crippen LogP contribution in [-0.4, -0.2) is 53.6 Å². The monoisotopic (exact) mass is 464 g/mol. The van der Waals surface area contributed by atoms with Crippen molar-refractivity contribution in [2.24, 2.45) is 0 Å². The summed E-state index contributed by atoms with van der Waals surface area (Å²) < 4.78 is 10.8. The van der Waals surface area contributed by atoms with Crippen LogP contribution in [0.25, 0.3) is 22.4 Å². The van der Waals surface area contributed by atoms with Crippen molar-refractivity contribution in [2.45, 2.75) is 69.0 Å². The first-order valence-corrected chi connectivity index (χ1v) is 12.4. The number of phenols is 1. The standard InChI is InChI=1S/C26H26B2N4O3/c27-26(28)34-23-12-8-17(14-24(23)35-26)16-7-11-20(22(33)13-16)21-15-29-25(31-30-21)32(19-9-10-19)18-5-3-1-2-4-6-18/h7-8,11-15,18-19,33H,1-6,9-10H2. The molecule has 1 N–H and O–H groups in total. The quantitative estimate of drug-likeness (QED) is 0.445. The summed E-state index contributed by atoms with van der Waals surface area (Å²) in [7, 11) is 11.4. The molecule has 3 aromatic rings. The number of ether oxygens (including phenoxy) is 2. The molecule has 1 aliphatic heterocycles. The van der Waals surface area contributed by atoms with Gasteiger partial charge in [0.05, 0.1) is 6.20 Å². The number of nitrogens with zero attached hydrogens (tertiary/aromatic N) is 4. The highest BCUT2D eigenvalue weighted by Crippen LogP contribution is 2.41. The number of fused-ring (bicyclic) bond motifs is 1. The van der Waals surface area contributed by atoms with Gasteiger partial charge in [0.2, 0.25) is 5.95 Å². The lowest BCUT2D eigenvalue weighted by molar-refractivity contribution is 0.0833.